The van der Waals surface area contributed by atoms with Crippen LogP contribution in [-0.4, -0.2) is 17.5 Å². The van der Waals surface area contributed by atoms with E-state index in [-0.39, 0.29) is 40.9 Å². The standard InChI is InChI=1S/C20H15ClF5NO2/c1-2-28-17-8-7-15(22)19(23)18(17)16-9-13(21)11-27(16)10-12-3-5-14(6-4-12)29-20(24,25)26/h3-9,11H,2,10H2,1H3. The number of benzene rings is 2. The van der Waals surface area contributed by atoms with Crippen LogP contribution in [0.25, 0.3) is 11.3 Å². The van der Waals surface area contributed by atoms with Crippen molar-refractivity contribution >= 4 is 11.6 Å². The second kappa shape index (κ2) is 8.32. The molecule has 2 aromatic carbocycles. The lowest BCUT2D eigenvalue weighted by Gasteiger charge is -2.15. The first kappa shape index (κ1) is 21.0. The van der Waals surface area contributed by atoms with Gasteiger partial charge in [-0.15, -0.1) is 13.2 Å². The third-order valence-electron chi connectivity index (χ3n) is 3.99. The van der Waals surface area contributed by atoms with Crippen molar-refractivity contribution in [3.05, 3.63) is 70.9 Å². The van der Waals surface area contributed by atoms with Gasteiger partial charge in [-0.25, -0.2) is 8.78 Å². The molecule has 154 valence electrons. The fourth-order valence-electron chi connectivity index (χ4n) is 2.86. The van der Waals surface area contributed by atoms with Crippen molar-refractivity contribution in [2.75, 3.05) is 6.61 Å². The van der Waals surface area contributed by atoms with Crippen molar-refractivity contribution in [3.8, 4) is 22.8 Å². The highest BCUT2D eigenvalue weighted by molar-refractivity contribution is 6.30. The van der Waals surface area contributed by atoms with Crippen LogP contribution in [0.2, 0.25) is 5.02 Å². The van der Waals surface area contributed by atoms with Crippen LogP contribution in [0.5, 0.6) is 11.5 Å². The van der Waals surface area contributed by atoms with E-state index in [9.17, 15) is 22.0 Å². The molecule has 0 aliphatic rings. The maximum Gasteiger partial charge on any atom is 0.573 e. The summed E-state index contributed by atoms with van der Waals surface area (Å²) in [5.41, 5.74) is 0.782. The summed E-state index contributed by atoms with van der Waals surface area (Å²) in [4.78, 5) is 0. The van der Waals surface area contributed by atoms with Gasteiger partial charge in [-0.1, -0.05) is 23.7 Å². The predicted octanol–water partition coefficient (Wildman–Crippen LogP) is 6.43. The molecule has 0 fully saturated rings. The Morgan fingerprint density at radius 1 is 1.03 bits per heavy atom. The summed E-state index contributed by atoms with van der Waals surface area (Å²) in [5.74, 6) is -2.33. The van der Waals surface area contributed by atoms with E-state index >= 15 is 0 Å². The maximum atomic E-state index is 14.6. The second-order valence-corrected chi connectivity index (χ2v) is 6.47. The summed E-state index contributed by atoms with van der Waals surface area (Å²) >= 11 is 6.08. The van der Waals surface area contributed by atoms with Crippen molar-refractivity contribution in [1.82, 2.24) is 4.57 Å². The topological polar surface area (TPSA) is 23.4 Å². The molecule has 0 bridgehead atoms. The molecule has 0 saturated carbocycles. The van der Waals surface area contributed by atoms with Crippen molar-refractivity contribution in [3.63, 3.8) is 0 Å². The number of rotatable bonds is 6. The van der Waals surface area contributed by atoms with Crippen LogP contribution in [-0.2, 0) is 6.54 Å². The molecule has 1 heterocycles. The zero-order chi connectivity index (χ0) is 21.2. The lowest BCUT2D eigenvalue weighted by Crippen LogP contribution is -2.17. The molecule has 3 nitrogen and oxygen atoms in total. The number of aromatic nitrogens is 1. The summed E-state index contributed by atoms with van der Waals surface area (Å²) in [6.07, 6.45) is -3.27. The van der Waals surface area contributed by atoms with Crippen molar-refractivity contribution in [2.24, 2.45) is 0 Å². The molecular weight excluding hydrogens is 417 g/mol. The largest absolute Gasteiger partial charge is 0.573 e. The van der Waals surface area contributed by atoms with Gasteiger partial charge in [-0.2, -0.15) is 0 Å². The fourth-order valence-corrected chi connectivity index (χ4v) is 3.08. The van der Waals surface area contributed by atoms with Gasteiger partial charge >= 0.3 is 6.36 Å². The average molecular weight is 432 g/mol. The molecule has 29 heavy (non-hydrogen) atoms. The molecule has 0 aliphatic heterocycles. The Balaban J connectivity index is 1.96. The third-order valence-corrected chi connectivity index (χ3v) is 4.19. The summed E-state index contributed by atoms with van der Waals surface area (Å²) in [5, 5.41) is 0.281. The van der Waals surface area contributed by atoms with Gasteiger partial charge < -0.3 is 14.0 Å². The molecule has 0 unspecified atom stereocenters. The van der Waals surface area contributed by atoms with E-state index in [0.717, 1.165) is 6.07 Å². The molecular formula is C20H15ClF5NO2. The minimum Gasteiger partial charge on any atom is -0.493 e. The number of ether oxygens (including phenoxy) is 2. The summed E-state index contributed by atoms with van der Waals surface area (Å²) in [7, 11) is 0. The van der Waals surface area contributed by atoms with Crippen LogP contribution in [0.1, 0.15) is 12.5 Å². The Hall–Kier alpha value is -2.74. The van der Waals surface area contributed by atoms with Crippen LogP contribution in [0.15, 0.2) is 48.7 Å². The van der Waals surface area contributed by atoms with Crippen molar-refractivity contribution < 1.29 is 31.4 Å². The van der Waals surface area contributed by atoms with E-state index in [2.05, 4.69) is 4.74 Å². The minimum atomic E-state index is -4.78. The molecule has 0 spiro atoms. The zero-order valence-electron chi connectivity index (χ0n) is 15.1. The lowest BCUT2D eigenvalue weighted by molar-refractivity contribution is -0.274. The Bertz CT molecular complexity index is 999. The Morgan fingerprint density at radius 3 is 2.34 bits per heavy atom. The molecule has 0 aliphatic carbocycles. The number of hydrogen-bond donors (Lipinski definition) is 0. The van der Waals surface area contributed by atoms with Crippen LogP contribution >= 0.6 is 11.6 Å². The molecule has 0 radical (unpaired) electrons. The molecule has 1 aromatic heterocycles. The van der Waals surface area contributed by atoms with E-state index < -0.39 is 18.0 Å². The molecule has 9 heteroatoms. The summed E-state index contributed by atoms with van der Waals surface area (Å²) in [6.45, 7) is 2.10. The average Bonchev–Trinajstić information content (AvgIpc) is 2.99. The molecule has 0 N–H and O–H groups in total. The van der Waals surface area contributed by atoms with Gasteiger partial charge in [0.05, 0.1) is 22.9 Å². The molecule has 3 aromatic rings. The van der Waals surface area contributed by atoms with E-state index in [1.165, 1.54) is 42.6 Å². The molecule has 0 amide bonds. The van der Waals surface area contributed by atoms with Crippen molar-refractivity contribution in [2.45, 2.75) is 19.8 Å². The fraction of sp³-hybridized carbons (Fsp3) is 0.200. The van der Waals surface area contributed by atoms with E-state index in [1.807, 2.05) is 0 Å². The number of nitrogens with zero attached hydrogens (tertiary/aromatic N) is 1. The number of halogens is 6. The Labute approximate surface area is 168 Å². The Kier molecular flexibility index (Phi) is 6.02. The number of hydrogen-bond acceptors (Lipinski definition) is 2. The monoisotopic (exact) mass is 431 g/mol. The second-order valence-electron chi connectivity index (χ2n) is 6.03. The van der Waals surface area contributed by atoms with Gasteiger partial charge in [0.15, 0.2) is 11.6 Å². The summed E-state index contributed by atoms with van der Waals surface area (Å²) < 4.78 is 76.1. The maximum absolute atomic E-state index is 14.6. The smallest absolute Gasteiger partial charge is 0.493 e. The Morgan fingerprint density at radius 2 is 1.72 bits per heavy atom. The van der Waals surface area contributed by atoms with Crippen LogP contribution in [0.3, 0.4) is 0 Å². The van der Waals surface area contributed by atoms with E-state index in [1.54, 1.807) is 11.5 Å². The quantitative estimate of drug-likeness (QED) is 0.420. The SMILES string of the molecule is CCOc1ccc(F)c(F)c1-c1cc(Cl)cn1Cc1ccc(OC(F)(F)F)cc1. The third kappa shape index (κ3) is 5.00. The predicted molar refractivity (Wildman–Crippen MR) is 98.2 cm³/mol. The van der Waals surface area contributed by atoms with E-state index in [0.29, 0.717) is 5.56 Å². The highest BCUT2D eigenvalue weighted by Crippen LogP contribution is 2.36. The first-order valence-corrected chi connectivity index (χ1v) is 8.87. The van der Waals surface area contributed by atoms with Gasteiger partial charge in [0, 0.05) is 12.7 Å². The summed E-state index contributed by atoms with van der Waals surface area (Å²) in [6, 6.07) is 8.96. The van der Waals surface area contributed by atoms with Gasteiger partial charge in [0.1, 0.15) is 11.5 Å². The first-order chi connectivity index (χ1) is 13.7. The van der Waals surface area contributed by atoms with Crippen LogP contribution < -0.4 is 9.47 Å². The van der Waals surface area contributed by atoms with Crippen LogP contribution in [0.4, 0.5) is 22.0 Å². The van der Waals surface area contributed by atoms with E-state index in [4.69, 9.17) is 16.3 Å². The molecule has 0 saturated heterocycles. The zero-order valence-corrected chi connectivity index (χ0v) is 15.8. The van der Waals surface area contributed by atoms with Gasteiger partial charge in [-0.3, -0.25) is 0 Å². The number of alkyl halides is 3. The van der Waals surface area contributed by atoms with Crippen molar-refractivity contribution in [1.29, 1.82) is 0 Å². The minimum absolute atomic E-state index is 0.0872. The lowest BCUT2D eigenvalue weighted by atomic mass is 10.1. The first-order valence-electron chi connectivity index (χ1n) is 8.49. The van der Waals surface area contributed by atoms with Crippen LogP contribution in [0, 0.1) is 11.6 Å². The van der Waals surface area contributed by atoms with Gasteiger partial charge in [-0.05, 0) is 42.8 Å². The van der Waals surface area contributed by atoms with Gasteiger partial charge in [0.25, 0.3) is 0 Å². The highest BCUT2D eigenvalue weighted by Gasteiger charge is 2.31. The highest BCUT2D eigenvalue weighted by atomic mass is 35.5. The normalized spacial score (nSPS) is 11.6. The molecule has 3 rings (SSSR count). The van der Waals surface area contributed by atoms with Gasteiger partial charge in [0.2, 0.25) is 0 Å². The molecule has 0 atom stereocenters.